The summed E-state index contributed by atoms with van der Waals surface area (Å²) in [5.41, 5.74) is 1.61. The van der Waals surface area contributed by atoms with Crippen LogP contribution in [0.25, 0.3) is 0 Å². The van der Waals surface area contributed by atoms with Crippen molar-refractivity contribution >= 4 is 6.21 Å². The SMILES string of the molecule is C=CC(=C)/C=C\N=C/C(=C)C=C. The molecule has 0 aromatic heterocycles. The summed E-state index contributed by atoms with van der Waals surface area (Å²) in [5.74, 6) is 0. The lowest BCUT2D eigenvalue weighted by Gasteiger charge is -1.85. The maximum atomic E-state index is 3.95. The minimum Gasteiger partial charge on any atom is -0.264 e. The van der Waals surface area contributed by atoms with Crippen LogP contribution in [0.5, 0.6) is 0 Å². The molecular formula is C11H13N. The molecule has 0 rings (SSSR count). The Labute approximate surface area is 73.8 Å². The largest absolute Gasteiger partial charge is 0.264 e. The van der Waals surface area contributed by atoms with Gasteiger partial charge in [0.05, 0.1) is 0 Å². The fourth-order valence-corrected chi connectivity index (χ4v) is 0.398. The Morgan fingerprint density at radius 1 is 1.00 bits per heavy atom. The van der Waals surface area contributed by atoms with Gasteiger partial charge >= 0.3 is 0 Å². The summed E-state index contributed by atoms with van der Waals surface area (Å²) in [6.07, 6.45) is 8.33. The molecule has 1 nitrogen and oxygen atoms in total. The topological polar surface area (TPSA) is 12.4 Å². The first-order chi connectivity index (χ1) is 5.70. The van der Waals surface area contributed by atoms with Crippen molar-refractivity contribution in [2.24, 2.45) is 4.99 Å². The van der Waals surface area contributed by atoms with Gasteiger partial charge < -0.3 is 0 Å². The number of rotatable bonds is 5. The maximum Gasteiger partial charge on any atom is 0.0334 e. The van der Waals surface area contributed by atoms with Gasteiger partial charge in [0.1, 0.15) is 0 Å². The van der Waals surface area contributed by atoms with E-state index in [1.165, 1.54) is 0 Å². The summed E-state index contributed by atoms with van der Waals surface area (Å²) in [6.45, 7) is 14.5. The average Bonchev–Trinajstić information content (AvgIpc) is 2.11. The number of hydrogen-bond donors (Lipinski definition) is 0. The van der Waals surface area contributed by atoms with E-state index in [2.05, 4.69) is 31.3 Å². The van der Waals surface area contributed by atoms with E-state index in [9.17, 15) is 0 Å². The third-order valence-electron chi connectivity index (χ3n) is 1.14. The standard InChI is InChI=1S/C11H13N/c1-5-10(3)7-8-12-9-11(4)6-2/h5-9H,1-4H2/b8-7-,12-9-. The fraction of sp³-hybridized carbons (Fsp3) is 0. The van der Waals surface area contributed by atoms with Gasteiger partial charge in [0, 0.05) is 12.4 Å². The zero-order valence-electron chi connectivity index (χ0n) is 7.16. The van der Waals surface area contributed by atoms with Gasteiger partial charge in [-0.05, 0) is 17.2 Å². The lowest BCUT2D eigenvalue weighted by molar-refractivity contribution is 1.56. The predicted molar refractivity (Wildman–Crippen MR) is 56.3 cm³/mol. The predicted octanol–water partition coefficient (Wildman–Crippen LogP) is 3.06. The molecule has 0 atom stereocenters. The van der Waals surface area contributed by atoms with Gasteiger partial charge in [-0.25, -0.2) is 0 Å². The first-order valence-electron chi connectivity index (χ1n) is 3.53. The highest BCUT2D eigenvalue weighted by atomic mass is 14.7. The van der Waals surface area contributed by atoms with Gasteiger partial charge in [-0.15, -0.1) is 0 Å². The Hall–Kier alpha value is -1.63. The van der Waals surface area contributed by atoms with E-state index in [1.807, 2.05) is 0 Å². The van der Waals surface area contributed by atoms with Crippen molar-refractivity contribution in [2.75, 3.05) is 0 Å². The van der Waals surface area contributed by atoms with Crippen LogP contribution in [0.1, 0.15) is 0 Å². The zero-order chi connectivity index (χ0) is 9.40. The van der Waals surface area contributed by atoms with Crippen LogP contribution in [-0.4, -0.2) is 6.21 Å². The number of allylic oxidation sites excluding steroid dienone is 5. The molecule has 0 saturated carbocycles. The highest BCUT2D eigenvalue weighted by Gasteiger charge is 1.76. The van der Waals surface area contributed by atoms with E-state index in [-0.39, 0.29) is 0 Å². The molecule has 0 saturated heterocycles. The summed E-state index contributed by atoms with van der Waals surface area (Å²) in [5, 5.41) is 0. The summed E-state index contributed by atoms with van der Waals surface area (Å²) in [6, 6.07) is 0. The van der Waals surface area contributed by atoms with Crippen molar-refractivity contribution in [1.82, 2.24) is 0 Å². The zero-order valence-corrected chi connectivity index (χ0v) is 7.16. The van der Waals surface area contributed by atoms with Crippen LogP contribution in [0.3, 0.4) is 0 Å². The number of nitrogens with zero attached hydrogens (tertiary/aromatic N) is 1. The Morgan fingerprint density at radius 3 is 2.08 bits per heavy atom. The molecule has 62 valence electrons. The Bertz CT molecular complexity index is 226. The van der Waals surface area contributed by atoms with Crippen LogP contribution >= 0.6 is 0 Å². The van der Waals surface area contributed by atoms with E-state index < -0.39 is 0 Å². The monoisotopic (exact) mass is 159 g/mol. The van der Waals surface area contributed by atoms with Crippen molar-refractivity contribution in [1.29, 1.82) is 0 Å². The minimum absolute atomic E-state index is 0.781. The molecule has 0 aliphatic carbocycles. The molecule has 0 aliphatic rings. The Morgan fingerprint density at radius 2 is 1.58 bits per heavy atom. The second-order valence-electron chi connectivity index (χ2n) is 2.15. The van der Waals surface area contributed by atoms with E-state index in [4.69, 9.17) is 0 Å². The lowest BCUT2D eigenvalue weighted by Crippen LogP contribution is -1.72. The summed E-state index contributed by atoms with van der Waals surface area (Å²) in [7, 11) is 0. The molecule has 0 N–H and O–H groups in total. The van der Waals surface area contributed by atoms with E-state index in [0.29, 0.717) is 0 Å². The van der Waals surface area contributed by atoms with Crippen LogP contribution in [0, 0.1) is 0 Å². The summed E-state index contributed by atoms with van der Waals surface area (Å²) in [4.78, 5) is 3.95. The van der Waals surface area contributed by atoms with E-state index in [0.717, 1.165) is 11.1 Å². The molecule has 0 heterocycles. The molecule has 0 spiro atoms. The highest BCUT2D eigenvalue weighted by Crippen LogP contribution is 1.93. The van der Waals surface area contributed by atoms with Crippen LogP contribution in [0.4, 0.5) is 0 Å². The maximum absolute atomic E-state index is 3.95. The average molecular weight is 159 g/mol. The van der Waals surface area contributed by atoms with Crippen molar-refractivity contribution in [3.63, 3.8) is 0 Å². The van der Waals surface area contributed by atoms with Crippen LogP contribution in [0.15, 0.2) is 66.9 Å². The molecule has 0 bridgehead atoms. The van der Waals surface area contributed by atoms with Gasteiger partial charge in [0.25, 0.3) is 0 Å². The number of aliphatic imine (C=N–C) groups is 1. The smallest absolute Gasteiger partial charge is 0.0334 e. The molecule has 0 unspecified atom stereocenters. The first kappa shape index (κ1) is 10.4. The van der Waals surface area contributed by atoms with Gasteiger partial charge in [0.15, 0.2) is 0 Å². The first-order valence-corrected chi connectivity index (χ1v) is 3.53. The molecule has 0 amide bonds. The van der Waals surface area contributed by atoms with Crippen molar-refractivity contribution in [2.45, 2.75) is 0 Å². The van der Waals surface area contributed by atoms with E-state index in [1.54, 1.807) is 30.6 Å². The molecule has 0 radical (unpaired) electrons. The molecule has 0 aromatic rings. The fourth-order valence-electron chi connectivity index (χ4n) is 0.398. The Balaban J connectivity index is 3.97. The molecule has 0 aromatic carbocycles. The number of hydrogen-bond acceptors (Lipinski definition) is 1. The van der Waals surface area contributed by atoms with Gasteiger partial charge in [-0.3, -0.25) is 4.99 Å². The molecule has 1 heteroatoms. The minimum atomic E-state index is 0.781. The molecule has 0 fully saturated rings. The summed E-state index contributed by atoms with van der Waals surface area (Å²) < 4.78 is 0. The lowest BCUT2D eigenvalue weighted by atomic mass is 10.3. The van der Waals surface area contributed by atoms with Crippen molar-refractivity contribution in [3.8, 4) is 0 Å². The van der Waals surface area contributed by atoms with Gasteiger partial charge in [-0.2, -0.15) is 0 Å². The molecular weight excluding hydrogens is 146 g/mol. The van der Waals surface area contributed by atoms with Crippen LogP contribution in [0.2, 0.25) is 0 Å². The Kier molecular flexibility index (Phi) is 5.28. The summed E-state index contributed by atoms with van der Waals surface area (Å²) >= 11 is 0. The van der Waals surface area contributed by atoms with Crippen molar-refractivity contribution < 1.29 is 0 Å². The highest BCUT2D eigenvalue weighted by molar-refractivity contribution is 5.81. The molecule has 12 heavy (non-hydrogen) atoms. The van der Waals surface area contributed by atoms with Gasteiger partial charge in [0.2, 0.25) is 0 Å². The molecule has 0 aliphatic heterocycles. The van der Waals surface area contributed by atoms with Gasteiger partial charge in [-0.1, -0.05) is 38.5 Å². The normalized spacial score (nSPS) is 10.3. The third kappa shape index (κ3) is 5.18. The van der Waals surface area contributed by atoms with Crippen LogP contribution in [-0.2, 0) is 0 Å². The second-order valence-corrected chi connectivity index (χ2v) is 2.15. The van der Waals surface area contributed by atoms with E-state index >= 15 is 0 Å². The van der Waals surface area contributed by atoms with Crippen LogP contribution < -0.4 is 0 Å². The third-order valence-corrected chi connectivity index (χ3v) is 1.14. The quantitative estimate of drug-likeness (QED) is 0.432. The second kappa shape index (κ2) is 6.10. The van der Waals surface area contributed by atoms with Crippen molar-refractivity contribution in [3.05, 3.63) is 61.9 Å².